The summed E-state index contributed by atoms with van der Waals surface area (Å²) in [4.78, 5) is 16.9. The van der Waals surface area contributed by atoms with Gasteiger partial charge in [0.15, 0.2) is 0 Å². The lowest BCUT2D eigenvalue weighted by Crippen LogP contribution is -2.48. The van der Waals surface area contributed by atoms with E-state index in [1.54, 1.807) is 12.1 Å². The first-order chi connectivity index (χ1) is 12.5. The van der Waals surface area contributed by atoms with Crippen LogP contribution in [0.2, 0.25) is 5.02 Å². The number of hydrogen-bond donors (Lipinski definition) is 0. The van der Waals surface area contributed by atoms with Crippen molar-refractivity contribution in [3.8, 4) is 5.75 Å². The number of piperazine rings is 1. The van der Waals surface area contributed by atoms with E-state index in [9.17, 15) is 4.79 Å². The third kappa shape index (κ3) is 4.99. The average molecular weight is 373 g/mol. The second-order valence-electron chi connectivity index (χ2n) is 6.89. The monoisotopic (exact) mass is 372 g/mol. The molecule has 138 valence electrons. The van der Waals surface area contributed by atoms with Gasteiger partial charge in [0.05, 0.1) is 6.10 Å². The van der Waals surface area contributed by atoms with Crippen LogP contribution in [0.5, 0.6) is 5.75 Å². The molecule has 0 N–H and O–H groups in total. The summed E-state index contributed by atoms with van der Waals surface area (Å²) in [6, 6.07) is 15.4. The van der Waals surface area contributed by atoms with E-state index in [2.05, 4.69) is 17.0 Å². The van der Waals surface area contributed by atoms with Crippen molar-refractivity contribution in [2.24, 2.45) is 0 Å². The van der Waals surface area contributed by atoms with Gasteiger partial charge in [-0.1, -0.05) is 29.8 Å². The average Bonchev–Trinajstić information content (AvgIpc) is 2.61. The van der Waals surface area contributed by atoms with Gasteiger partial charge < -0.3 is 9.64 Å². The minimum atomic E-state index is 0.0551. The fourth-order valence-electron chi connectivity index (χ4n) is 3.16. The number of amides is 1. The van der Waals surface area contributed by atoms with Crippen molar-refractivity contribution in [1.29, 1.82) is 0 Å². The van der Waals surface area contributed by atoms with E-state index in [0.29, 0.717) is 10.6 Å². The van der Waals surface area contributed by atoms with Crippen LogP contribution in [0.1, 0.15) is 29.8 Å². The van der Waals surface area contributed by atoms with Gasteiger partial charge in [-0.2, -0.15) is 0 Å². The van der Waals surface area contributed by atoms with Crippen molar-refractivity contribution in [2.45, 2.75) is 26.5 Å². The van der Waals surface area contributed by atoms with Crippen LogP contribution in [-0.4, -0.2) is 48.0 Å². The molecule has 1 heterocycles. The molecule has 2 aromatic rings. The summed E-state index contributed by atoms with van der Waals surface area (Å²) < 4.78 is 5.77. The normalized spacial score (nSPS) is 15.3. The van der Waals surface area contributed by atoms with Crippen LogP contribution in [0.4, 0.5) is 0 Å². The van der Waals surface area contributed by atoms with Crippen LogP contribution >= 0.6 is 11.6 Å². The fraction of sp³-hybridized carbons (Fsp3) is 0.381. The number of nitrogens with zero attached hydrogens (tertiary/aromatic N) is 2. The Labute approximate surface area is 160 Å². The van der Waals surface area contributed by atoms with Crippen molar-refractivity contribution in [3.05, 3.63) is 64.7 Å². The first-order valence-electron chi connectivity index (χ1n) is 9.04. The molecule has 5 heteroatoms. The summed E-state index contributed by atoms with van der Waals surface area (Å²) in [5.74, 6) is 0.965. The highest BCUT2D eigenvalue weighted by atomic mass is 35.5. The van der Waals surface area contributed by atoms with Crippen LogP contribution in [0, 0.1) is 0 Å². The zero-order chi connectivity index (χ0) is 18.5. The molecule has 0 aromatic heterocycles. The molecule has 3 rings (SSSR count). The molecule has 1 aliphatic rings. The van der Waals surface area contributed by atoms with Crippen molar-refractivity contribution in [3.63, 3.8) is 0 Å². The minimum Gasteiger partial charge on any atom is -0.491 e. The summed E-state index contributed by atoms with van der Waals surface area (Å²) in [5, 5.41) is 0.595. The predicted molar refractivity (Wildman–Crippen MR) is 105 cm³/mol. The second-order valence-corrected chi connectivity index (χ2v) is 7.33. The van der Waals surface area contributed by atoms with Gasteiger partial charge in [0.25, 0.3) is 5.91 Å². The maximum Gasteiger partial charge on any atom is 0.253 e. The number of hydrogen-bond acceptors (Lipinski definition) is 3. The van der Waals surface area contributed by atoms with E-state index < -0.39 is 0 Å². The van der Waals surface area contributed by atoms with Gasteiger partial charge in [0, 0.05) is 43.3 Å². The molecule has 0 unspecified atom stereocenters. The number of halogens is 1. The molecule has 1 amide bonds. The standard InChI is InChI=1S/C21H25ClN2O2/c1-16(2)26-20-8-3-5-17(13-20)15-23-9-11-24(12-10-23)21(25)18-6-4-7-19(22)14-18/h3-8,13-14,16H,9-12,15H2,1-2H3. The quantitative estimate of drug-likeness (QED) is 0.792. The number of benzene rings is 2. The Balaban J connectivity index is 1.55. The smallest absolute Gasteiger partial charge is 0.253 e. The van der Waals surface area contributed by atoms with Crippen LogP contribution in [-0.2, 0) is 6.54 Å². The number of carbonyl (C=O) groups excluding carboxylic acids is 1. The van der Waals surface area contributed by atoms with E-state index >= 15 is 0 Å². The van der Waals surface area contributed by atoms with E-state index in [1.165, 1.54) is 5.56 Å². The number of rotatable bonds is 5. The first-order valence-corrected chi connectivity index (χ1v) is 9.42. The molecule has 1 fully saturated rings. The van der Waals surface area contributed by atoms with Crippen LogP contribution < -0.4 is 4.74 Å². The van der Waals surface area contributed by atoms with Gasteiger partial charge in [0.2, 0.25) is 0 Å². The number of carbonyl (C=O) groups is 1. The Morgan fingerprint density at radius 3 is 2.50 bits per heavy atom. The Morgan fingerprint density at radius 2 is 1.81 bits per heavy atom. The molecule has 1 saturated heterocycles. The molecule has 0 radical (unpaired) electrons. The molecule has 0 bridgehead atoms. The Kier molecular flexibility index (Phi) is 6.17. The maximum absolute atomic E-state index is 12.6. The highest BCUT2D eigenvalue weighted by Crippen LogP contribution is 2.18. The van der Waals surface area contributed by atoms with Gasteiger partial charge in [-0.3, -0.25) is 9.69 Å². The van der Waals surface area contributed by atoms with Crippen LogP contribution in [0.3, 0.4) is 0 Å². The lowest BCUT2D eigenvalue weighted by atomic mass is 10.1. The van der Waals surface area contributed by atoms with E-state index in [4.69, 9.17) is 16.3 Å². The summed E-state index contributed by atoms with van der Waals surface area (Å²) in [6.45, 7) is 8.12. The second kappa shape index (κ2) is 8.56. The molecule has 2 aromatic carbocycles. The molecule has 0 aliphatic carbocycles. The van der Waals surface area contributed by atoms with Crippen LogP contribution in [0.15, 0.2) is 48.5 Å². The molecule has 26 heavy (non-hydrogen) atoms. The minimum absolute atomic E-state index is 0.0551. The van der Waals surface area contributed by atoms with E-state index in [-0.39, 0.29) is 12.0 Å². The van der Waals surface area contributed by atoms with Gasteiger partial charge >= 0.3 is 0 Å². The summed E-state index contributed by atoms with van der Waals surface area (Å²) in [5.41, 5.74) is 1.89. The van der Waals surface area contributed by atoms with Crippen molar-refractivity contribution >= 4 is 17.5 Å². The lowest BCUT2D eigenvalue weighted by molar-refractivity contribution is 0.0628. The highest BCUT2D eigenvalue weighted by Gasteiger charge is 2.22. The molecular formula is C21H25ClN2O2. The van der Waals surface area contributed by atoms with E-state index in [1.807, 2.05) is 43.0 Å². The topological polar surface area (TPSA) is 32.8 Å². The maximum atomic E-state index is 12.6. The summed E-state index contributed by atoms with van der Waals surface area (Å²) in [6.07, 6.45) is 0.172. The van der Waals surface area contributed by atoms with Gasteiger partial charge in [-0.25, -0.2) is 0 Å². The summed E-state index contributed by atoms with van der Waals surface area (Å²) in [7, 11) is 0. The van der Waals surface area contributed by atoms with Gasteiger partial charge in [-0.15, -0.1) is 0 Å². The fourth-order valence-corrected chi connectivity index (χ4v) is 3.35. The zero-order valence-electron chi connectivity index (χ0n) is 15.3. The Morgan fingerprint density at radius 1 is 1.08 bits per heavy atom. The first kappa shape index (κ1) is 18.7. The third-order valence-electron chi connectivity index (χ3n) is 4.41. The van der Waals surface area contributed by atoms with Crippen LogP contribution in [0.25, 0.3) is 0 Å². The van der Waals surface area contributed by atoms with E-state index in [0.717, 1.165) is 38.5 Å². The number of ether oxygens (including phenoxy) is 1. The largest absolute Gasteiger partial charge is 0.491 e. The van der Waals surface area contributed by atoms with Gasteiger partial charge in [-0.05, 0) is 49.7 Å². The molecular weight excluding hydrogens is 348 g/mol. The molecule has 0 atom stereocenters. The molecule has 1 aliphatic heterocycles. The van der Waals surface area contributed by atoms with Crippen molar-refractivity contribution in [1.82, 2.24) is 9.80 Å². The third-order valence-corrected chi connectivity index (χ3v) is 4.64. The SMILES string of the molecule is CC(C)Oc1cccc(CN2CCN(C(=O)c3cccc(Cl)c3)CC2)c1. The predicted octanol–water partition coefficient (Wildman–Crippen LogP) is 4.09. The van der Waals surface area contributed by atoms with Gasteiger partial charge in [0.1, 0.15) is 5.75 Å². The Bertz CT molecular complexity index is 755. The van der Waals surface area contributed by atoms with Crippen molar-refractivity contribution < 1.29 is 9.53 Å². The Hall–Kier alpha value is -2.04. The molecule has 0 saturated carbocycles. The lowest BCUT2D eigenvalue weighted by Gasteiger charge is -2.34. The zero-order valence-corrected chi connectivity index (χ0v) is 16.1. The highest BCUT2D eigenvalue weighted by molar-refractivity contribution is 6.30. The molecule has 0 spiro atoms. The summed E-state index contributed by atoms with van der Waals surface area (Å²) >= 11 is 6.00. The molecule has 4 nitrogen and oxygen atoms in total. The van der Waals surface area contributed by atoms with Crippen molar-refractivity contribution in [2.75, 3.05) is 26.2 Å².